The van der Waals surface area contributed by atoms with Crippen LogP contribution in [0.1, 0.15) is 52.4 Å². The molecule has 3 atom stereocenters. The first-order valence-electron chi connectivity index (χ1n) is 7.30. The molecule has 0 amide bonds. The number of nitrogens with zero attached hydrogens (tertiary/aromatic N) is 1. The van der Waals surface area contributed by atoms with Crippen LogP contribution in [0.15, 0.2) is 0 Å². The Bertz CT molecular complexity index is 246. The number of nitrogens with two attached hydrogens (primary N) is 1. The van der Waals surface area contributed by atoms with E-state index in [4.69, 9.17) is 10.5 Å². The lowest BCUT2D eigenvalue weighted by atomic mass is 9.81. The molecule has 2 fully saturated rings. The summed E-state index contributed by atoms with van der Waals surface area (Å²) in [6.07, 6.45) is 7.94. The molecule has 0 saturated carbocycles. The van der Waals surface area contributed by atoms with Crippen LogP contribution in [0.3, 0.4) is 0 Å². The SMILES string of the molecule is CCC1CCCCN1C1(CN)CCOC(C)C1. The Morgan fingerprint density at radius 2 is 2.24 bits per heavy atom. The minimum atomic E-state index is 0.221. The van der Waals surface area contributed by atoms with Crippen molar-refractivity contribution in [3.05, 3.63) is 0 Å². The van der Waals surface area contributed by atoms with Crippen molar-refractivity contribution in [3.8, 4) is 0 Å². The van der Waals surface area contributed by atoms with Gasteiger partial charge in [0.2, 0.25) is 0 Å². The van der Waals surface area contributed by atoms with Crippen molar-refractivity contribution < 1.29 is 4.74 Å². The van der Waals surface area contributed by atoms with E-state index in [2.05, 4.69) is 18.7 Å². The number of hydrogen-bond acceptors (Lipinski definition) is 3. The Morgan fingerprint density at radius 1 is 1.41 bits per heavy atom. The fraction of sp³-hybridized carbons (Fsp3) is 1.00. The molecule has 3 heteroatoms. The Kier molecular flexibility index (Phi) is 4.45. The van der Waals surface area contributed by atoms with Crippen molar-refractivity contribution in [2.75, 3.05) is 19.7 Å². The van der Waals surface area contributed by atoms with Crippen molar-refractivity contribution in [2.45, 2.75) is 70.1 Å². The molecule has 0 aliphatic carbocycles. The summed E-state index contributed by atoms with van der Waals surface area (Å²) in [7, 11) is 0. The van der Waals surface area contributed by atoms with Crippen LogP contribution in [-0.4, -0.2) is 42.3 Å². The first-order chi connectivity index (χ1) is 8.22. The number of rotatable bonds is 3. The minimum Gasteiger partial charge on any atom is -0.378 e. The average Bonchev–Trinajstić information content (AvgIpc) is 2.38. The van der Waals surface area contributed by atoms with E-state index in [1.807, 2.05) is 0 Å². The Hall–Kier alpha value is -0.120. The fourth-order valence-electron chi connectivity index (χ4n) is 3.76. The minimum absolute atomic E-state index is 0.221. The van der Waals surface area contributed by atoms with Gasteiger partial charge in [0.25, 0.3) is 0 Å². The molecule has 100 valence electrons. The van der Waals surface area contributed by atoms with Crippen LogP contribution in [0, 0.1) is 0 Å². The molecular formula is C14H28N2O. The van der Waals surface area contributed by atoms with E-state index in [0.717, 1.165) is 32.0 Å². The summed E-state index contributed by atoms with van der Waals surface area (Å²) >= 11 is 0. The van der Waals surface area contributed by atoms with Crippen LogP contribution >= 0.6 is 0 Å². The number of likely N-dealkylation sites (tertiary alicyclic amines) is 1. The van der Waals surface area contributed by atoms with Crippen molar-refractivity contribution in [1.82, 2.24) is 4.90 Å². The second kappa shape index (κ2) is 5.68. The highest BCUT2D eigenvalue weighted by Gasteiger charge is 2.42. The molecule has 0 aromatic carbocycles. The van der Waals surface area contributed by atoms with Gasteiger partial charge in [0.15, 0.2) is 0 Å². The van der Waals surface area contributed by atoms with Crippen LogP contribution in [-0.2, 0) is 4.74 Å². The number of ether oxygens (including phenoxy) is 1. The first kappa shape index (κ1) is 13.3. The number of piperidine rings is 1. The lowest BCUT2D eigenvalue weighted by Crippen LogP contribution is -2.62. The lowest BCUT2D eigenvalue weighted by molar-refractivity contribution is -0.0857. The molecule has 17 heavy (non-hydrogen) atoms. The van der Waals surface area contributed by atoms with E-state index in [9.17, 15) is 0 Å². The Morgan fingerprint density at radius 3 is 2.88 bits per heavy atom. The summed E-state index contributed by atoms with van der Waals surface area (Å²) in [5, 5.41) is 0. The molecule has 2 N–H and O–H groups in total. The third kappa shape index (κ3) is 2.67. The smallest absolute Gasteiger partial charge is 0.0565 e. The van der Waals surface area contributed by atoms with E-state index < -0.39 is 0 Å². The third-order valence-electron chi connectivity index (χ3n) is 4.72. The predicted octanol–water partition coefficient (Wildman–Crippen LogP) is 2.15. The van der Waals surface area contributed by atoms with E-state index in [-0.39, 0.29) is 5.54 Å². The highest BCUT2D eigenvalue weighted by molar-refractivity contribution is 4.99. The van der Waals surface area contributed by atoms with E-state index in [1.54, 1.807) is 0 Å². The van der Waals surface area contributed by atoms with Crippen LogP contribution in [0.25, 0.3) is 0 Å². The Balaban J connectivity index is 2.14. The van der Waals surface area contributed by atoms with Gasteiger partial charge in [-0.15, -0.1) is 0 Å². The van der Waals surface area contributed by atoms with Gasteiger partial charge in [-0.2, -0.15) is 0 Å². The molecule has 2 saturated heterocycles. The molecule has 0 aromatic rings. The highest BCUT2D eigenvalue weighted by Crippen LogP contribution is 2.35. The zero-order valence-corrected chi connectivity index (χ0v) is 11.5. The normalized spacial score (nSPS) is 40.4. The van der Waals surface area contributed by atoms with Gasteiger partial charge in [-0.3, -0.25) is 4.90 Å². The van der Waals surface area contributed by atoms with Gasteiger partial charge in [-0.25, -0.2) is 0 Å². The molecule has 2 aliphatic heterocycles. The maximum absolute atomic E-state index is 6.15. The summed E-state index contributed by atoms with van der Waals surface area (Å²) in [6, 6.07) is 0.748. The van der Waals surface area contributed by atoms with Crippen molar-refractivity contribution in [3.63, 3.8) is 0 Å². The standard InChI is InChI=1S/C14H28N2O/c1-3-13-6-4-5-8-16(13)14(11-15)7-9-17-12(2)10-14/h12-13H,3-11,15H2,1-2H3. The van der Waals surface area contributed by atoms with Crippen molar-refractivity contribution >= 4 is 0 Å². The maximum Gasteiger partial charge on any atom is 0.0565 e. The van der Waals surface area contributed by atoms with Crippen LogP contribution < -0.4 is 5.73 Å². The van der Waals surface area contributed by atoms with Gasteiger partial charge in [-0.1, -0.05) is 13.3 Å². The maximum atomic E-state index is 6.15. The largest absolute Gasteiger partial charge is 0.378 e. The van der Waals surface area contributed by atoms with Crippen molar-refractivity contribution in [1.29, 1.82) is 0 Å². The van der Waals surface area contributed by atoms with Crippen molar-refractivity contribution in [2.24, 2.45) is 5.73 Å². The third-order valence-corrected chi connectivity index (χ3v) is 4.72. The summed E-state index contributed by atoms with van der Waals surface area (Å²) in [6.45, 7) is 7.41. The second-order valence-corrected chi connectivity index (χ2v) is 5.82. The summed E-state index contributed by atoms with van der Waals surface area (Å²) < 4.78 is 5.71. The second-order valence-electron chi connectivity index (χ2n) is 5.82. The molecule has 0 spiro atoms. The molecule has 2 heterocycles. The van der Waals surface area contributed by atoms with E-state index in [1.165, 1.54) is 32.2 Å². The monoisotopic (exact) mass is 240 g/mol. The number of hydrogen-bond donors (Lipinski definition) is 1. The van der Waals surface area contributed by atoms with Crippen LogP contribution in [0.4, 0.5) is 0 Å². The van der Waals surface area contributed by atoms with Gasteiger partial charge < -0.3 is 10.5 Å². The first-order valence-corrected chi connectivity index (χ1v) is 7.30. The lowest BCUT2D eigenvalue weighted by Gasteiger charge is -2.52. The molecule has 2 aliphatic rings. The molecule has 3 nitrogen and oxygen atoms in total. The molecule has 0 bridgehead atoms. The zero-order valence-electron chi connectivity index (χ0n) is 11.5. The highest BCUT2D eigenvalue weighted by atomic mass is 16.5. The molecule has 2 rings (SSSR count). The molecule has 3 unspecified atom stereocenters. The van der Waals surface area contributed by atoms with Crippen LogP contribution in [0.2, 0.25) is 0 Å². The molecular weight excluding hydrogens is 212 g/mol. The summed E-state index contributed by atoms with van der Waals surface area (Å²) in [5.41, 5.74) is 6.37. The van der Waals surface area contributed by atoms with E-state index in [0.29, 0.717) is 6.10 Å². The zero-order chi connectivity index (χ0) is 12.3. The van der Waals surface area contributed by atoms with Crippen LogP contribution in [0.5, 0.6) is 0 Å². The quantitative estimate of drug-likeness (QED) is 0.821. The topological polar surface area (TPSA) is 38.5 Å². The average molecular weight is 240 g/mol. The van der Waals surface area contributed by atoms with Gasteiger partial charge in [0, 0.05) is 24.7 Å². The molecule has 0 radical (unpaired) electrons. The van der Waals surface area contributed by atoms with Gasteiger partial charge >= 0.3 is 0 Å². The molecule has 0 aromatic heterocycles. The van der Waals surface area contributed by atoms with Gasteiger partial charge in [0.1, 0.15) is 0 Å². The fourth-order valence-corrected chi connectivity index (χ4v) is 3.76. The van der Waals surface area contributed by atoms with Gasteiger partial charge in [-0.05, 0) is 45.6 Å². The predicted molar refractivity (Wildman–Crippen MR) is 71.1 cm³/mol. The summed E-state index contributed by atoms with van der Waals surface area (Å²) in [5.74, 6) is 0. The summed E-state index contributed by atoms with van der Waals surface area (Å²) in [4.78, 5) is 2.73. The van der Waals surface area contributed by atoms with Gasteiger partial charge in [0.05, 0.1) is 6.10 Å². The van der Waals surface area contributed by atoms with E-state index >= 15 is 0 Å². The Labute approximate surface area is 106 Å².